The van der Waals surface area contributed by atoms with E-state index in [1.807, 2.05) is 0 Å². The normalized spacial score (nSPS) is 11.8. The van der Waals surface area contributed by atoms with Crippen LogP contribution in [0.1, 0.15) is 42.4 Å². The van der Waals surface area contributed by atoms with Gasteiger partial charge >= 0.3 is 5.97 Å². The smallest absolute Gasteiger partial charge is 0.360 e. The summed E-state index contributed by atoms with van der Waals surface area (Å²) in [6.45, 7) is 5.27. The number of halogens is 1. The quantitative estimate of drug-likeness (QED) is 0.347. The Morgan fingerprint density at radius 1 is 1.06 bits per heavy atom. The van der Waals surface area contributed by atoms with Crippen LogP contribution in [0.3, 0.4) is 0 Å². The maximum atomic E-state index is 13.6. The van der Waals surface area contributed by atoms with E-state index in [9.17, 15) is 13.2 Å². The zero-order valence-corrected chi connectivity index (χ0v) is 22.0. The van der Waals surface area contributed by atoms with E-state index in [1.54, 1.807) is 76.4 Å². The first kappa shape index (κ1) is 25.2. The van der Waals surface area contributed by atoms with Gasteiger partial charge in [0, 0.05) is 4.47 Å². The van der Waals surface area contributed by atoms with E-state index >= 15 is 0 Å². The monoisotopic (exact) mass is 552 g/mol. The van der Waals surface area contributed by atoms with Gasteiger partial charge in [-0.1, -0.05) is 40.2 Å². The minimum atomic E-state index is -3.88. The molecule has 1 aromatic heterocycles. The molecule has 10 heteroatoms. The van der Waals surface area contributed by atoms with Crippen molar-refractivity contribution in [3.05, 3.63) is 75.3 Å². The molecule has 0 aliphatic carbocycles. The van der Waals surface area contributed by atoms with Crippen molar-refractivity contribution < 1.29 is 22.7 Å². The molecular formula is C23H25BrN2O5S2. The molecule has 7 nitrogen and oxygen atoms in total. The van der Waals surface area contributed by atoms with E-state index < -0.39 is 21.6 Å². The van der Waals surface area contributed by atoms with Crippen molar-refractivity contribution in [2.75, 3.05) is 11.4 Å². The molecule has 3 aromatic rings. The minimum absolute atomic E-state index is 0.0252. The van der Waals surface area contributed by atoms with E-state index in [2.05, 4.69) is 20.9 Å². The molecule has 0 aliphatic rings. The number of rotatable bonds is 8. The molecule has 0 unspecified atom stereocenters. The lowest BCUT2D eigenvalue weighted by Crippen LogP contribution is -2.33. The SMILES string of the molecule is COc1ccc(CN(c2scnc2C(=O)OC(C)(C)C)S(=O)(=O)Cc2ccc(Br)cc2)cc1. The van der Waals surface area contributed by atoms with Gasteiger partial charge in [0.2, 0.25) is 10.0 Å². The molecule has 1 heterocycles. The van der Waals surface area contributed by atoms with Gasteiger partial charge in [0.15, 0.2) is 5.69 Å². The summed E-state index contributed by atoms with van der Waals surface area (Å²) in [5.41, 5.74) is 2.04. The van der Waals surface area contributed by atoms with Crippen LogP contribution in [-0.2, 0) is 27.1 Å². The lowest BCUT2D eigenvalue weighted by molar-refractivity contribution is 0.00646. The second-order valence-corrected chi connectivity index (χ2v) is 11.9. The Kier molecular flexibility index (Phi) is 7.81. The first-order valence-electron chi connectivity index (χ1n) is 10.0. The number of anilines is 1. The van der Waals surface area contributed by atoms with Crippen LogP contribution in [0.25, 0.3) is 0 Å². The second-order valence-electron chi connectivity index (χ2n) is 8.25. The summed E-state index contributed by atoms with van der Waals surface area (Å²) in [6, 6.07) is 14.2. The van der Waals surface area contributed by atoms with Gasteiger partial charge in [-0.3, -0.25) is 4.31 Å². The Bertz CT molecular complexity index is 1200. The number of sulfonamides is 1. The third-order valence-electron chi connectivity index (χ3n) is 4.45. The average molecular weight is 554 g/mol. The van der Waals surface area contributed by atoms with Gasteiger partial charge in [-0.2, -0.15) is 0 Å². The second kappa shape index (κ2) is 10.2. The summed E-state index contributed by atoms with van der Waals surface area (Å²) >= 11 is 4.44. The van der Waals surface area contributed by atoms with Crippen molar-refractivity contribution in [2.45, 2.75) is 38.7 Å². The number of aromatic nitrogens is 1. The van der Waals surface area contributed by atoms with E-state index in [0.29, 0.717) is 11.3 Å². The van der Waals surface area contributed by atoms with Crippen molar-refractivity contribution in [2.24, 2.45) is 0 Å². The van der Waals surface area contributed by atoms with Crippen molar-refractivity contribution in [1.29, 1.82) is 0 Å². The van der Waals surface area contributed by atoms with Crippen LogP contribution < -0.4 is 9.04 Å². The molecular weight excluding hydrogens is 528 g/mol. The molecule has 0 spiro atoms. The number of hydrogen-bond acceptors (Lipinski definition) is 7. The van der Waals surface area contributed by atoms with Gasteiger partial charge in [-0.15, -0.1) is 11.3 Å². The fourth-order valence-electron chi connectivity index (χ4n) is 2.95. The highest BCUT2D eigenvalue weighted by molar-refractivity contribution is 9.10. The average Bonchev–Trinajstić information content (AvgIpc) is 3.22. The number of benzene rings is 2. The number of thiazole rings is 1. The number of nitrogens with zero attached hydrogens (tertiary/aromatic N) is 2. The lowest BCUT2D eigenvalue weighted by atomic mass is 10.2. The molecule has 0 bridgehead atoms. The predicted molar refractivity (Wildman–Crippen MR) is 133 cm³/mol. The molecule has 176 valence electrons. The van der Waals surface area contributed by atoms with Gasteiger partial charge in [0.05, 0.1) is 24.9 Å². The van der Waals surface area contributed by atoms with Gasteiger partial charge in [-0.25, -0.2) is 18.2 Å². The van der Waals surface area contributed by atoms with E-state index in [-0.39, 0.29) is 23.0 Å². The number of esters is 1. The molecule has 0 N–H and O–H groups in total. The first-order chi connectivity index (χ1) is 15.5. The number of hydrogen-bond donors (Lipinski definition) is 0. The Morgan fingerprint density at radius 3 is 2.24 bits per heavy atom. The Hall–Kier alpha value is -2.43. The highest BCUT2D eigenvalue weighted by atomic mass is 79.9. The number of ether oxygens (including phenoxy) is 2. The summed E-state index contributed by atoms with van der Waals surface area (Å²) in [7, 11) is -2.31. The van der Waals surface area contributed by atoms with Crippen LogP contribution in [-0.4, -0.2) is 32.1 Å². The summed E-state index contributed by atoms with van der Waals surface area (Å²) < 4.78 is 39.9. The maximum Gasteiger partial charge on any atom is 0.360 e. The summed E-state index contributed by atoms with van der Waals surface area (Å²) in [5.74, 6) is -0.241. The summed E-state index contributed by atoms with van der Waals surface area (Å²) in [5, 5.41) is 0.220. The van der Waals surface area contributed by atoms with Crippen LogP contribution in [0.2, 0.25) is 0 Å². The number of carbonyl (C=O) groups is 1. The molecule has 0 radical (unpaired) electrons. The van der Waals surface area contributed by atoms with Gasteiger partial charge in [0.1, 0.15) is 16.4 Å². The Morgan fingerprint density at radius 2 is 1.67 bits per heavy atom. The fraction of sp³-hybridized carbons (Fsp3) is 0.304. The third kappa shape index (κ3) is 6.78. The first-order valence-corrected chi connectivity index (χ1v) is 13.3. The minimum Gasteiger partial charge on any atom is -0.497 e. The van der Waals surface area contributed by atoms with Crippen molar-refractivity contribution in [3.8, 4) is 5.75 Å². The number of methoxy groups -OCH3 is 1. The van der Waals surface area contributed by atoms with Crippen molar-refractivity contribution >= 4 is 48.3 Å². The highest BCUT2D eigenvalue weighted by Crippen LogP contribution is 2.32. The van der Waals surface area contributed by atoms with E-state index in [0.717, 1.165) is 21.4 Å². The molecule has 2 aromatic carbocycles. The lowest BCUT2D eigenvalue weighted by Gasteiger charge is -2.25. The van der Waals surface area contributed by atoms with Gasteiger partial charge < -0.3 is 9.47 Å². The van der Waals surface area contributed by atoms with E-state index in [4.69, 9.17) is 9.47 Å². The molecule has 0 amide bonds. The Balaban J connectivity index is 2.01. The third-order valence-corrected chi connectivity index (χ3v) is 7.62. The van der Waals surface area contributed by atoms with Crippen LogP contribution >= 0.6 is 27.3 Å². The van der Waals surface area contributed by atoms with Crippen molar-refractivity contribution in [1.82, 2.24) is 4.98 Å². The predicted octanol–water partition coefficient (Wildman–Crippen LogP) is 5.41. The standard InChI is InChI=1S/C23H25BrN2O5S2/c1-23(2,3)31-22(27)20-21(32-15-25-20)26(13-16-7-11-19(30-4)12-8-16)33(28,29)14-17-5-9-18(24)10-6-17/h5-12,15H,13-14H2,1-4H3. The molecule has 0 fully saturated rings. The van der Waals surface area contributed by atoms with Gasteiger partial charge in [0.25, 0.3) is 0 Å². The fourth-order valence-corrected chi connectivity index (χ4v) is 5.82. The van der Waals surface area contributed by atoms with E-state index in [1.165, 1.54) is 9.82 Å². The number of carbonyl (C=O) groups excluding carboxylic acids is 1. The molecule has 33 heavy (non-hydrogen) atoms. The van der Waals surface area contributed by atoms with Crippen LogP contribution in [0.4, 0.5) is 5.00 Å². The molecule has 0 saturated carbocycles. The molecule has 0 aliphatic heterocycles. The van der Waals surface area contributed by atoms with Crippen LogP contribution in [0.5, 0.6) is 5.75 Å². The maximum absolute atomic E-state index is 13.6. The van der Waals surface area contributed by atoms with Crippen molar-refractivity contribution in [3.63, 3.8) is 0 Å². The Labute approximate surface area is 206 Å². The molecule has 3 rings (SSSR count). The van der Waals surface area contributed by atoms with Crippen LogP contribution in [0, 0.1) is 0 Å². The molecule has 0 saturated heterocycles. The largest absolute Gasteiger partial charge is 0.497 e. The topological polar surface area (TPSA) is 85.8 Å². The van der Waals surface area contributed by atoms with Crippen LogP contribution in [0.15, 0.2) is 58.5 Å². The highest BCUT2D eigenvalue weighted by Gasteiger charge is 2.31. The summed E-state index contributed by atoms with van der Waals surface area (Å²) in [4.78, 5) is 16.9. The van der Waals surface area contributed by atoms with Gasteiger partial charge in [-0.05, 0) is 56.2 Å². The zero-order valence-electron chi connectivity index (χ0n) is 18.7. The molecule has 0 atom stereocenters. The summed E-state index contributed by atoms with van der Waals surface area (Å²) in [6.07, 6.45) is 0. The zero-order chi connectivity index (χ0) is 24.2.